The van der Waals surface area contributed by atoms with Crippen LogP contribution in [0, 0.1) is 0 Å². The van der Waals surface area contributed by atoms with Gasteiger partial charge in [-0.2, -0.15) is 0 Å². The van der Waals surface area contributed by atoms with Gasteiger partial charge in [0.2, 0.25) is 0 Å². The summed E-state index contributed by atoms with van der Waals surface area (Å²) in [4.78, 5) is 15.3. The van der Waals surface area contributed by atoms with Crippen molar-refractivity contribution < 1.29 is 4.79 Å². The fourth-order valence-corrected chi connectivity index (χ4v) is 4.28. The Morgan fingerprint density at radius 3 is 2.36 bits per heavy atom. The van der Waals surface area contributed by atoms with Gasteiger partial charge in [0.05, 0.1) is 6.04 Å². The van der Waals surface area contributed by atoms with E-state index in [1.54, 1.807) is 0 Å². The Morgan fingerprint density at radius 1 is 0.786 bits per heavy atom. The summed E-state index contributed by atoms with van der Waals surface area (Å²) in [6.07, 6.45) is 0. The Balaban J connectivity index is 1.62. The molecule has 136 valence electrons. The quantitative estimate of drug-likeness (QED) is 0.410. The number of amides is 1. The summed E-state index contributed by atoms with van der Waals surface area (Å²) in [6, 6.07) is 30.2. The minimum absolute atomic E-state index is 0.0727. The summed E-state index contributed by atoms with van der Waals surface area (Å²) in [7, 11) is 0. The molecule has 0 radical (unpaired) electrons. The summed E-state index contributed by atoms with van der Waals surface area (Å²) in [6.45, 7) is 0.558. The number of benzene rings is 4. The van der Waals surface area contributed by atoms with E-state index in [0.29, 0.717) is 11.6 Å². The summed E-state index contributed by atoms with van der Waals surface area (Å²) in [5.41, 5.74) is 4.05. The lowest BCUT2D eigenvalue weighted by atomic mass is 9.97. The molecule has 0 aliphatic carbocycles. The van der Waals surface area contributed by atoms with Gasteiger partial charge in [-0.1, -0.05) is 84.4 Å². The molecule has 1 unspecified atom stereocenters. The van der Waals surface area contributed by atoms with E-state index in [9.17, 15) is 4.79 Å². The highest BCUT2D eigenvalue weighted by molar-refractivity contribution is 6.30. The first-order valence-corrected chi connectivity index (χ1v) is 9.72. The maximum Gasteiger partial charge on any atom is 0.255 e. The first-order chi connectivity index (χ1) is 13.7. The third kappa shape index (κ3) is 2.78. The van der Waals surface area contributed by atoms with E-state index in [2.05, 4.69) is 36.4 Å². The minimum atomic E-state index is -0.111. The molecule has 1 amide bonds. The average Bonchev–Trinajstić information content (AvgIpc) is 3.01. The van der Waals surface area contributed by atoms with Crippen LogP contribution in [0.1, 0.15) is 33.1 Å². The second-order valence-electron chi connectivity index (χ2n) is 7.11. The normalized spacial score (nSPS) is 15.8. The minimum Gasteiger partial charge on any atom is -0.323 e. The first kappa shape index (κ1) is 17.0. The molecule has 4 aromatic rings. The monoisotopic (exact) mass is 383 g/mol. The molecule has 0 saturated carbocycles. The van der Waals surface area contributed by atoms with Crippen LogP contribution in [0.4, 0.5) is 0 Å². The van der Waals surface area contributed by atoms with Gasteiger partial charge in [-0.05, 0) is 45.7 Å². The van der Waals surface area contributed by atoms with Crippen LogP contribution in [0.5, 0.6) is 0 Å². The number of hydrogen-bond acceptors (Lipinski definition) is 1. The van der Waals surface area contributed by atoms with E-state index in [-0.39, 0.29) is 11.9 Å². The fourth-order valence-electron chi connectivity index (χ4n) is 4.15. The number of fused-ring (bicyclic) bond motifs is 2. The summed E-state index contributed by atoms with van der Waals surface area (Å²) < 4.78 is 0. The molecule has 0 spiro atoms. The third-order valence-electron chi connectivity index (χ3n) is 5.46. The number of hydrogen-bond donors (Lipinski definition) is 0. The van der Waals surface area contributed by atoms with Crippen LogP contribution >= 0.6 is 11.6 Å². The molecule has 0 fully saturated rings. The van der Waals surface area contributed by atoms with E-state index in [0.717, 1.165) is 22.3 Å². The summed E-state index contributed by atoms with van der Waals surface area (Å²) in [5, 5.41) is 3.07. The van der Waals surface area contributed by atoms with Gasteiger partial charge in [0.1, 0.15) is 0 Å². The molecule has 1 heterocycles. The molecule has 0 N–H and O–H groups in total. The van der Waals surface area contributed by atoms with Crippen molar-refractivity contribution in [2.45, 2.75) is 12.6 Å². The summed E-state index contributed by atoms with van der Waals surface area (Å²) >= 11 is 6.10. The Hall–Kier alpha value is -3.10. The maximum atomic E-state index is 13.3. The van der Waals surface area contributed by atoms with Gasteiger partial charge in [-0.15, -0.1) is 0 Å². The van der Waals surface area contributed by atoms with Crippen LogP contribution in [0.25, 0.3) is 10.8 Å². The highest BCUT2D eigenvalue weighted by atomic mass is 35.5. The van der Waals surface area contributed by atoms with Gasteiger partial charge in [-0.25, -0.2) is 0 Å². The van der Waals surface area contributed by atoms with E-state index < -0.39 is 0 Å². The smallest absolute Gasteiger partial charge is 0.255 e. The molecule has 0 bridgehead atoms. The van der Waals surface area contributed by atoms with Gasteiger partial charge >= 0.3 is 0 Å². The predicted molar refractivity (Wildman–Crippen MR) is 114 cm³/mol. The SMILES string of the molecule is O=C1c2ccccc2C(c2ccc(Cl)cc2)N1Cc1cccc2ccccc12. The van der Waals surface area contributed by atoms with Crippen LogP contribution in [0.15, 0.2) is 91.0 Å². The number of nitrogens with zero attached hydrogens (tertiary/aromatic N) is 1. The van der Waals surface area contributed by atoms with Crippen LogP contribution < -0.4 is 0 Å². The number of carbonyl (C=O) groups excluding carboxylic acids is 1. The molecule has 1 atom stereocenters. The number of rotatable bonds is 3. The molecule has 0 saturated heterocycles. The van der Waals surface area contributed by atoms with Gasteiger partial charge < -0.3 is 4.90 Å². The maximum absolute atomic E-state index is 13.3. The molecule has 28 heavy (non-hydrogen) atoms. The standard InChI is InChI=1S/C25H18ClNO/c26-20-14-12-18(13-15-20)24-22-10-3-4-11-23(22)25(28)27(24)16-19-8-5-7-17-6-1-2-9-21(17)19/h1-15,24H,16H2. The van der Waals surface area contributed by atoms with Crippen molar-refractivity contribution in [2.75, 3.05) is 0 Å². The molecule has 1 aliphatic heterocycles. The number of halogens is 1. The van der Waals surface area contributed by atoms with Crippen LogP contribution in [-0.4, -0.2) is 10.8 Å². The second kappa shape index (κ2) is 6.81. The van der Waals surface area contributed by atoms with Crippen molar-refractivity contribution in [3.63, 3.8) is 0 Å². The largest absolute Gasteiger partial charge is 0.323 e. The summed E-state index contributed by atoms with van der Waals surface area (Å²) in [5.74, 6) is 0.0727. The van der Waals surface area contributed by atoms with Crippen molar-refractivity contribution in [2.24, 2.45) is 0 Å². The van der Waals surface area contributed by atoms with Crippen LogP contribution in [0.2, 0.25) is 5.02 Å². The lowest BCUT2D eigenvalue weighted by Crippen LogP contribution is -2.28. The van der Waals surface area contributed by atoms with Crippen molar-refractivity contribution in [1.82, 2.24) is 4.90 Å². The second-order valence-corrected chi connectivity index (χ2v) is 7.55. The topological polar surface area (TPSA) is 20.3 Å². The molecule has 5 rings (SSSR count). The molecular formula is C25H18ClNO. The van der Waals surface area contributed by atoms with Gasteiger partial charge in [0.15, 0.2) is 0 Å². The zero-order valence-corrected chi connectivity index (χ0v) is 15.9. The molecule has 1 aliphatic rings. The molecular weight excluding hydrogens is 366 g/mol. The highest BCUT2D eigenvalue weighted by Gasteiger charge is 2.37. The van der Waals surface area contributed by atoms with Crippen molar-refractivity contribution in [1.29, 1.82) is 0 Å². The zero-order chi connectivity index (χ0) is 19.1. The van der Waals surface area contributed by atoms with Crippen LogP contribution in [-0.2, 0) is 6.54 Å². The Kier molecular flexibility index (Phi) is 4.14. The van der Waals surface area contributed by atoms with E-state index >= 15 is 0 Å². The van der Waals surface area contributed by atoms with Crippen molar-refractivity contribution >= 4 is 28.3 Å². The Bertz CT molecular complexity index is 1180. The van der Waals surface area contributed by atoms with Gasteiger partial charge in [0, 0.05) is 17.1 Å². The molecule has 2 nitrogen and oxygen atoms in total. The lowest BCUT2D eigenvalue weighted by Gasteiger charge is -2.26. The number of carbonyl (C=O) groups is 1. The average molecular weight is 384 g/mol. The highest BCUT2D eigenvalue weighted by Crippen LogP contribution is 2.40. The van der Waals surface area contributed by atoms with Crippen LogP contribution in [0.3, 0.4) is 0 Å². The predicted octanol–water partition coefficient (Wildman–Crippen LogP) is 6.24. The van der Waals surface area contributed by atoms with E-state index in [1.165, 1.54) is 10.8 Å². The molecule has 3 heteroatoms. The third-order valence-corrected chi connectivity index (χ3v) is 5.72. The fraction of sp³-hybridized carbons (Fsp3) is 0.0800. The lowest BCUT2D eigenvalue weighted by molar-refractivity contribution is 0.0736. The van der Waals surface area contributed by atoms with Gasteiger partial charge in [-0.3, -0.25) is 4.79 Å². The van der Waals surface area contributed by atoms with Crippen molar-refractivity contribution in [3.8, 4) is 0 Å². The van der Waals surface area contributed by atoms with E-state index in [4.69, 9.17) is 11.6 Å². The Labute approximate surface area is 169 Å². The zero-order valence-electron chi connectivity index (χ0n) is 15.2. The molecule has 0 aromatic heterocycles. The molecule has 4 aromatic carbocycles. The Morgan fingerprint density at radius 2 is 1.50 bits per heavy atom. The van der Waals surface area contributed by atoms with Gasteiger partial charge in [0.25, 0.3) is 5.91 Å². The van der Waals surface area contributed by atoms with E-state index in [1.807, 2.05) is 59.5 Å². The van der Waals surface area contributed by atoms with Crippen molar-refractivity contribution in [3.05, 3.63) is 118 Å². The first-order valence-electron chi connectivity index (χ1n) is 9.34.